The second-order valence-electron chi connectivity index (χ2n) is 38.7. The topological polar surface area (TPSA) is 32.8 Å². The van der Waals surface area contributed by atoms with Gasteiger partial charge in [-0.1, -0.05) is 217 Å². The van der Waals surface area contributed by atoms with Gasteiger partial charge in [-0.05, 0) is 310 Å². The Labute approximate surface area is 651 Å². The molecule has 0 saturated heterocycles. The van der Waals surface area contributed by atoms with E-state index in [1.54, 1.807) is 11.1 Å². The fraction of sp³-hybridized carbons (Fsp3) is 0.327. The molecule has 8 bridgehead atoms. The Hall–Kier alpha value is -10.2. The Balaban J connectivity index is 0.621. The van der Waals surface area contributed by atoms with Crippen molar-refractivity contribution in [2.45, 2.75) is 182 Å². The second-order valence-corrected chi connectivity index (χ2v) is 38.7. The van der Waals surface area contributed by atoms with Crippen molar-refractivity contribution < 1.29 is 8.83 Å². The van der Waals surface area contributed by atoms with Gasteiger partial charge in [0.25, 0.3) is 0 Å². The third-order valence-electron chi connectivity index (χ3n) is 33.0. The lowest BCUT2D eigenvalue weighted by Crippen LogP contribution is -2.35. The highest BCUT2D eigenvalue weighted by Crippen LogP contribution is 2.73. The molecule has 8 atom stereocenters. The standard InChI is InChI=1S/C107H94N2O2/c1-102(2)88-26-12-8-20-75(88)79-40-35-70(52-93(79)102)108(71-36-42-81-77-22-10-14-28-90(77)106(95(81)54-71)57-62-32-33-68(106)48-62)74-50-86(64-18-6-5-7-19-64)99-87(51-74)83-39-34-67(49-98(83)110-99)104-45-44-69(60-104)107(61-104)91-29-15-11-23-78(91)82-43-38-73(55-96(82)107)109(72-37-41-80-76-21-9-13-27-89(76)103(3,4)94(80)53-72)97-31-17-25-85-84-24-16-30-92(100(84)111-101(85)97)105-56-63-46-65(58-105)66(47-63)59-105/h8-17,20-31,34-43,49-55,62-66,68-69H,5-7,18-19,32-33,44-48,56-61H2,1-4H3. The van der Waals surface area contributed by atoms with E-state index in [9.17, 15) is 0 Å². The molecule has 8 unspecified atom stereocenters. The summed E-state index contributed by atoms with van der Waals surface area (Å²) in [5.41, 5.74) is 38.3. The van der Waals surface area contributed by atoms with Crippen LogP contribution in [0, 0.1) is 35.5 Å². The molecule has 12 aromatic carbocycles. The van der Waals surface area contributed by atoms with Crippen LogP contribution in [-0.4, -0.2) is 0 Å². The summed E-state index contributed by atoms with van der Waals surface area (Å²) < 4.78 is 15.4. The van der Waals surface area contributed by atoms with Crippen molar-refractivity contribution in [2.75, 3.05) is 9.80 Å². The van der Waals surface area contributed by atoms with Gasteiger partial charge in [0.2, 0.25) is 0 Å². The van der Waals surface area contributed by atoms with Crippen LogP contribution in [0.25, 0.3) is 88.4 Å². The van der Waals surface area contributed by atoms with E-state index in [2.05, 4.69) is 274 Å². The number of hydrogen-bond acceptors (Lipinski definition) is 4. The number of hydrogen-bond donors (Lipinski definition) is 0. The molecular weight excluding hydrogens is 1350 g/mol. The van der Waals surface area contributed by atoms with Gasteiger partial charge in [0.05, 0.1) is 5.69 Å². The van der Waals surface area contributed by atoms with Crippen LogP contribution in [0.4, 0.5) is 34.1 Å². The molecule has 2 aromatic heterocycles. The number of nitrogens with zero attached hydrogens (tertiary/aromatic N) is 2. The lowest BCUT2D eigenvalue weighted by atomic mass is 9.63. The minimum atomic E-state index is -0.185. The Morgan fingerprint density at radius 3 is 1.50 bits per heavy atom. The van der Waals surface area contributed by atoms with Crippen LogP contribution in [0.5, 0.6) is 0 Å². The molecule has 4 heteroatoms. The van der Waals surface area contributed by atoms with E-state index >= 15 is 0 Å². The van der Waals surface area contributed by atoms with E-state index in [0.29, 0.717) is 17.8 Å². The Morgan fingerprint density at radius 2 is 0.874 bits per heavy atom. The first-order valence-electron chi connectivity index (χ1n) is 42.9. The van der Waals surface area contributed by atoms with E-state index in [1.165, 1.54) is 247 Å². The Bertz CT molecular complexity index is 6420. The molecule has 14 aromatic rings. The van der Waals surface area contributed by atoms with E-state index in [4.69, 9.17) is 8.83 Å². The van der Waals surface area contributed by atoms with Gasteiger partial charge >= 0.3 is 0 Å². The van der Waals surface area contributed by atoms with Gasteiger partial charge in [0.1, 0.15) is 16.7 Å². The van der Waals surface area contributed by atoms with Crippen molar-refractivity contribution in [2.24, 2.45) is 35.5 Å². The van der Waals surface area contributed by atoms with Gasteiger partial charge in [-0.15, -0.1) is 0 Å². The van der Waals surface area contributed by atoms with Crippen molar-refractivity contribution in [1.29, 1.82) is 0 Å². The molecule has 2 spiro atoms. The highest BCUT2D eigenvalue weighted by Gasteiger charge is 2.64. The smallest absolute Gasteiger partial charge is 0.159 e. The molecule has 0 amide bonds. The molecule has 0 aliphatic heterocycles. The zero-order valence-corrected chi connectivity index (χ0v) is 64.5. The summed E-state index contributed by atoms with van der Waals surface area (Å²) in [5, 5.41) is 4.94. The van der Waals surface area contributed by atoms with E-state index in [1.807, 2.05) is 0 Å². The van der Waals surface area contributed by atoms with Crippen LogP contribution < -0.4 is 9.80 Å². The molecule has 13 aliphatic rings. The number of anilines is 6. The van der Waals surface area contributed by atoms with Crippen LogP contribution in [-0.2, 0) is 32.5 Å². The number of benzene rings is 12. The van der Waals surface area contributed by atoms with E-state index in [0.717, 1.165) is 64.5 Å². The summed E-state index contributed by atoms with van der Waals surface area (Å²) in [6.45, 7) is 9.74. The highest BCUT2D eigenvalue weighted by atomic mass is 16.3. The summed E-state index contributed by atoms with van der Waals surface area (Å²) in [7, 11) is 0. The highest BCUT2D eigenvalue weighted by molar-refractivity contribution is 6.12. The maximum atomic E-state index is 7.69. The number of fused-ring (bicyclic) bond motifs is 28. The molecule has 544 valence electrons. The normalized spacial score (nSPS) is 27.6. The second kappa shape index (κ2) is 21.9. The molecule has 4 nitrogen and oxygen atoms in total. The molecule has 13 aliphatic carbocycles. The first kappa shape index (κ1) is 63.5. The zero-order chi connectivity index (χ0) is 73.0. The Kier molecular flexibility index (Phi) is 12.5. The monoisotopic (exact) mass is 1440 g/mol. The van der Waals surface area contributed by atoms with Gasteiger partial charge in [-0.2, -0.15) is 0 Å². The summed E-state index contributed by atoms with van der Waals surface area (Å²) in [6, 6.07) is 94.5. The molecule has 111 heavy (non-hydrogen) atoms. The van der Waals surface area contributed by atoms with Gasteiger partial charge in [0.15, 0.2) is 5.58 Å². The van der Waals surface area contributed by atoms with Crippen LogP contribution in [0.2, 0.25) is 0 Å². The minimum Gasteiger partial charge on any atom is -0.456 e. The summed E-state index contributed by atoms with van der Waals surface area (Å²) in [5.74, 6) is 4.93. The fourth-order valence-corrected chi connectivity index (χ4v) is 28.6. The van der Waals surface area contributed by atoms with Gasteiger partial charge in [-0.3, -0.25) is 0 Å². The maximum absolute atomic E-state index is 7.69. The molecule has 0 radical (unpaired) electrons. The van der Waals surface area contributed by atoms with Crippen molar-refractivity contribution in [3.05, 3.63) is 298 Å². The first-order chi connectivity index (χ1) is 54.3. The summed E-state index contributed by atoms with van der Waals surface area (Å²) in [6.07, 6.45) is 22.8. The lowest BCUT2D eigenvalue weighted by Gasteiger charge is -2.40. The maximum Gasteiger partial charge on any atom is 0.159 e. The van der Waals surface area contributed by atoms with Crippen LogP contribution in [0.3, 0.4) is 0 Å². The quantitative estimate of drug-likeness (QED) is 0.144. The largest absolute Gasteiger partial charge is 0.456 e. The van der Waals surface area contributed by atoms with Crippen molar-refractivity contribution in [3.63, 3.8) is 0 Å². The summed E-state index contributed by atoms with van der Waals surface area (Å²) in [4.78, 5) is 5.29. The van der Waals surface area contributed by atoms with Crippen molar-refractivity contribution >= 4 is 78.0 Å². The van der Waals surface area contributed by atoms with Crippen molar-refractivity contribution in [1.82, 2.24) is 0 Å². The summed E-state index contributed by atoms with van der Waals surface area (Å²) >= 11 is 0. The molecule has 0 N–H and O–H groups in total. The van der Waals surface area contributed by atoms with E-state index in [-0.39, 0.29) is 32.5 Å². The first-order valence-corrected chi connectivity index (χ1v) is 42.9. The Morgan fingerprint density at radius 1 is 0.324 bits per heavy atom. The lowest BCUT2D eigenvalue weighted by molar-refractivity contribution is 0.229. The predicted molar refractivity (Wildman–Crippen MR) is 455 cm³/mol. The van der Waals surface area contributed by atoms with Crippen molar-refractivity contribution in [3.8, 4) is 44.5 Å². The number of para-hydroxylation sites is 2. The zero-order valence-electron chi connectivity index (χ0n) is 64.5. The molecule has 27 rings (SSSR count). The number of rotatable bonds is 9. The van der Waals surface area contributed by atoms with Gasteiger partial charge in [0, 0.05) is 82.8 Å². The van der Waals surface area contributed by atoms with Crippen LogP contribution in [0.15, 0.2) is 245 Å². The molecule has 9 fully saturated rings. The third-order valence-corrected chi connectivity index (χ3v) is 33.0. The third kappa shape index (κ3) is 8.23. The average Bonchev–Trinajstić information content (AvgIpc) is 1.51. The fourth-order valence-electron chi connectivity index (χ4n) is 28.6. The van der Waals surface area contributed by atoms with Crippen LogP contribution in [0.1, 0.15) is 210 Å². The SMILES string of the molecule is CC1(C)c2ccccc2-c2ccc(N(c3ccc4c(c3)C3(CC5CCC3C5)c3ccccc3-4)c3cc(C4CCCCC4)c4oc5cc(C67CCC(C6)C6(C7)c7ccccc7-c7ccc(N(c8ccc9c(c8)C(C)(C)c8ccccc8-9)c8cccc9c8oc8c(C%10%11CC%12CC(C%10)C(C%12)C%11)cccc89)cc76)ccc5c4c3)cc21. The van der Waals surface area contributed by atoms with E-state index < -0.39 is 0 Å². The molecule has 2 heterocycles. The van der Waals surface area contributed by atoms with Gasteiger partial charge in [-0.25, -0.2) is 0 Å². The van der Waals surface area contributed by atoms with Gasteiger partial charge < -0.3 is 18.6 Å². The predicted octanol–water partition coefficient (Wildman–Crippen LogP) is 28.7. The number of furan rings is 2. The van der Waals surface area contributed by atoms with Crippen LogP contribution >= 0.6 is 0 Å². The average molecular weight is 1440 g/mol. The molecule has 9 saturated carbocycles. The molecular formula is C107H94N2O2. The minimum absolute atomic E-state index is 0.0450.